The monoisotopic (exact) mass is 548 g/mol. The zero-order valence-corrected chi connectivity index (χ0v) is 23.8. The van der Waals surface area contributed by atoms with Crippen molar-refractivity contribution < 1.29 is 13.2 Å². The SMILES string of the molecule is CN(Cc1ccccc1)C(=O)NC1CCN(CCC(CN(C)S(=O)(=O)c2ccccc2)c2ccccc2)CC1. The Morgan fingerprint density at radius 3 is 2.08 bits per heavy atom. The lowest BCUT2D eigenvalue weighted by molar-refractivity contribution is 0.173. The van der Waals surface area contributed by atoms with E-state index in [1.54, 1.807) is 36.2 Å². The minimum atomic E-state index is -3.56. The molecule has 1 saturated heterocycles. The lowest BCUT2D eigenvalue weighted by Crippen LogP contribution is -2.48. The molecule has 3 aromatic carbocycles. The Bertz CT molecular complexity index is 1260. The highest BCUT2D eigenvalue weighted by Gasteiger charge is 2.26. The summed E-state index contributed by atoms with van der Waals surface area (Å²) in [6, 6.07) is 28.9. The minimum Gasteiger partial charge on any atom is -0.335 e. The number of urea groups is 1. The Kier molecular flexibility index (Phi) is 10.1. The fourth-order valence-corrected chi connectivity index (χ4v) is 6.36. The molecule has 7 nitrogen and oxygen atoms in total. The molecule has 208 valence electrons. The van der Waals surface area contributed by atoms with Crippen LogP contribution in [0.5, 0.6) is 0 Å². The summed E-state index contributed by atoms with van der Waals surface area (Å²) in [6.45, 7) is 3.70. The number of piperidine rings is 1. The standard InChI is InChI=1S/C31H40N4O3S/c1-33(24-26-12-6-3-7-13-26)31(36)32-29-19-22-35(23-20-29)21-18-28(27-14-8-4-9-15-27)25-34(2)39(37,38)30-16-10-5-11-17-30/h3-17,28-29H,18-25H2,1-2H3,(H,32,36). The molecule has 1 heterocycles. The first-order valence-corrected chi connectivity index (χ1v) is 15.1. The van der Waals surface area contributed by atoms with Crippen LogP contribution in [0.1, 0.15) is 36.3 Å². The van der Waals surface area contributed by atoms with Gasteiger partial charge in [-0.15, -0.1) is 0 Å². The van der Waals surface area contributed by atoms with Crippen LogP contribution in [0.3, 0.4) is 0 Å². The molecular formula is C31H40N4O3S. The van der Waals surface area contributed by atoms with Gasteiger partial charge in [0.25, 0.3) is 0 Å². The van der Waals surface area contributed by atoms with Gasteiger partial charge in [-0.25, -0.2) is 17.5 Å². The Labute approximate surface area is 233 Å². The van der Waals surface area contributed by atoms with Gasteiger partial charge in [-0.2, -0.15) is 0 Å². The van der Waals surface area contributed by atoms with Crippen molar-refractivity contribution in [3.8, 4) is 0 Å². The first kappa shape index (κ1) is 28.8. The second kappa shape index (κ2) is 13.7. The third-order valence-electron chi connectivity index (χ3n) is 7.52. The molecule has 1 fully saturated rings. The average molecular weight is 549 g/mol. The Balaban J connectivity index is 1.28. The lowest BCUT2D eigenvalue weighted by atomic mass is 9.94. The molecule has 4 rings (SSSR count). The molecule has 0 radical (unpaired) electrons. The molecule has 1 N–H and O–H groups in total. The molecule has 0 saturated carbocycles. The van der Waals surface area contributed by atoms with E-state index < -0.39 is 10.0 Å². The number of sulfonamides is 1. The van der Waals surface area contributed by atoms with Crippen molar-refractivity contribution in [3.05, 3.63) is 102 Å². The first-order chi connectivity index (χ1) is 18.8. The second-order valence-corrected chi connectivity index (χ2v) is 12.4. The average Bonchev–Trinajstić information content (AvgIpc) is 2.97. The van der Waals surface area contributed by atoms with Gasteiger partial charge in [0.15, 0.2) is 0 Å². The highest BCUT2D eigenvalue weighted by molar-refractivity contribution is 7.89. The van der Waals surface area contributed by atoms with E-state index in [4.69, 9.17) is 0 Å². The van der Waals surface area contributed by atoms with Crippen molar-refractivity contribution in [2.45, 2.75) is 42.7 Å². The maximum Gasteiger partial charge on any atom is 0.317 e. The van der Waals surface area contributed by atoms with E-state index in [1.807, 2.05) is 61.6 Å². The molecule has 0 aliphatic carbocycles. The fourth-order valence-electron chi connectivity index (χ4n) is 5.12. The summed E-state index contributed by atoms with van der Waals surface area (Å²) < 4.78 is 27.8. The number of likely N-dealkylation sites (N-methyl/N-ethyl adjacent to an activating group) is 1. The predicted molar refractivity (Wildman–Crippen MR) is 156 cm³/mol. The van der Waals surface area contributed by atoms with Crippen molar-refractivity contribution >= 4 is 16.1 Å². The second-order valence-electron chi connectivity index (χ2n) is 10.4. The quantitative estimate of drug-likeness (QED) is 0.374. The molecule has 3 aromatic rings. The molecule has 1 atom stereocenters. The highest BCUT2D eigenvalue weighted by atomic mass is 32.2. The van der Waals surface area contributed by atoms with Crippen LogP contribution < -0.4 is 5.32 Å². The Morgan fingerprint density at radius 2 is 1.46 bits per heavy atom. The van der Waals surface area contributed by atoms with Crippen LogP contribution in [0.4, 0.5) is 4.79 Å². The van der Waals surface area contributed by atoms with Gasteiger partial charge in [0.2, 0.25) is 10.0 Å². The van der Waals surface area contributed by atoms with Crippen LogP contribution in [0, 0.1) is 0 Å². The number of likely N-dealkylation sites (tertiary alicyclic amines) is 1. The van der Waals surface area contributed by atoms with Gasteiger partial charge in [0.05, 0.1) is 4.90 Å². The van der Waals surface area contributed by atoms with E-state index in [-0.39, 0.29) is 18.0 Å². The highest BCUT2D eigenvalue weighted by Crippen LogP contribution is 2.25. The maximum atomic E-state index is 13.2. The van der Waals surface area contributed by atoms with Gasteiger partial charge in [-0.3, -0.25) is 0 Å². The molecule has 0 bridgehead atoms. The number of nitrogens with zero attached hydrogens (tertiary/aromatic N) is 3. The third kappa shape index (κ3) is 8.14. The number of carbonyl (C=O) groups is 1. The summed E-state index contributed by atoms with van der Waals surface area (Å²) in [7, 11) is -0.0582. The molecule has 1 unspecified atom stereocenters. The van der Waals surface area contributed by atoms with Gasteiger partial charge in [0.1, 0.15) is 0 Å². The zero-order valence-electron chi connectivity index (χ0n) is 22.9. The predicted octanol–water partition coefficient (Wildman–Crippen LogP) is 4.79. The summed E-state index contributed by atoms with van der Waals surface area (Å²) in [4.78, 5) is 17.2. The van der Waals surface area contributed by atoms with Gasteiger partial charge >= 0.3 is 6.03 Å². The van der Waals surface area contributed by atoms with E-state index in [0.717, 1.165) is 50.0 Å². The van der Waals surface area contributed by atoms with Gasteiger partial charge in [-0.1, -0.05) is 78.9 Å². The summed E-state index contributed by atoms with van der Waals surface area (Å²) in [5.41, 5.74) is 2.26. The molecule has 0 spiro atoms. The molecule has 8 heteroatoms. The van der Waals surface area contributed by atoms with Crippen molar-refractivity contribution in [1.29, 1.82) is 0 Å². The van der Waals surface area contributed by atoms with Crippen LogP contribution in [-0.4, -0.2) is 74.9 Å². The van der Waals surface area contributed by atoms with Crippen LogP contribution >= 0.6 is 0 Å². The molecule has 0 aromatic heterocycles. The van der Waals surface area contributed by atoms with Gasteiger partial charge in [0, 0.05) is 46.3 Å². The minimum absolute atomic E-state index is 0.0379. The van der Waals surface area contributed by atoms with E-state index in [2.05, 4.69) is 22.3 Å². The summed E-state index contributed by atoms with van der Waals surface area (Å²) in [5.74, 6) is 0.0822. The van der Waals surface area contributed by atoms with Crippen LogP contribution in [-0.2, 0) is 16.6 Å². The number of nitrogens with one attached hydrogen (secondary N) is 1. The Morgan fingerprint density at radius 1 is 0.897 bits per heavy atom. The van der Waals surface area contributed by atoms with Crippen molar-refractivity contribution in [2.24, 2.45) is 0 Å². The first-order valence-electron chi connectivity index (χ1n) is 13.7. The van der Waals surface area contributed by atoms with Crippen LogP contribution in [0.15, 0.2) is 95.9 Å². The van der Waals surface area contributed by atoms with Crippen molar-refractivity contribution in [3.63, 3.8) is 0 Å². The Hall–Kier alpha value is -3.20. The topological polar surface area (TPSA) is 73.0 Å². The molecular weight excluding hydrogens is 508 g/mol. The number of hydrogen-bond acceptors (Lipinski definition) is 4. The van der Waals surface area contributed by atoms with E-state index in [0.29, 0.717) is 18.0 Å². The molecule has 39 heavy (non-hydrogen) atoms. The van der Waals surface area contributed by atoms with E-state index >= 15 is 0 Å². The smallest absolute Gasteiger partial charge is 0.317 e. The summed E-state index contributed by atoms with van der Waals surface area (Å²) in [6.07, 6.45) is 2.67. The molecule has 2 amide bonds. The third-order valence-corrected chi connectivity index (χ3v) is 9.36. The van der Waals surface area contributed by atoms with E-state index in [1.165, 1.54) is 4.31 Å². The van der Waals surface area contributed by atoms with Crippen LogP contribution in [0.2, 0.25) is 0 Å². The summed E-state index contributed by atoms with van der Waals surface area (Å²) >= 11 is 0. The van der Waals surface area contributed by atoms with Gasteiger partial charge < -0.3 is 15.1 Å². The van der Waals surface area contributed by atoms with Gasteiger partial charge in [-0.05, 0) is 55.0 Å². The number of carbonyl (C=O) groups excluding carboxylic acids is 1. The fraction of sp³-hybridized carbons (Fsp3) is 0.387. The molecule has 1 aliphatic heterocycles. The van der Waals surface area contributed by atoms with E-state index in [9.17, 15) is 13.2 Å². The van der Waals surface area contributed by atoms with Crippen molar-refractivity contribution in [1.82, 2.24) is 19.4 Å². The van der Waals surface area contributed by atoms with Crippen molar-refractivity contribution in [2.75, 3.05) is 40.3 Å². The zero-order chi connectivity index (χ0) is 27.7. The molecule has 1 aliphatic rings. The number of amides is 2. The van der Waals surface area contributed by atoms with Crippen LogP contribution in [0.25, 0.3) is 0 Å². The lowest BCUT2D eigenvalue weighted by Gasteiger charge is -2.34. The summed E-state index contributed by atoms with van der Waals surface area (Å²) in [5, 5.41) is 3.20. The maximum absolute atomic E-state index is 13.2. The largest absolute Gasteiger partial charge is 0.335 e. The normalized spacial score (nSPS) is 15.7. The number of benzene rings is 3. The number of rotatable bonds is 11. The number of hydrogen-bond donors (Lipinski definition) is 1.